The molecule has 164 valence electrons. The molecule has 0 aliphatic carbocycles. The average molecular weight is 451 g/mol. The van der Waals surface area contributed by atoms with Crippen LogP contribution in [0.5, 0.6) is 11.5 Å². The molecule has 1 aliphatic heterocycles. The Morgan fingerprint density at radius 2 is 1.88 bits per heavy atom. The minimum Gasteiger partial charge on any atom is -0.454 e. The van der Waals surface area contributed by atoms with E-state index in [1.54, 1.807) is 0 Å². The molecule has 0 spiro atoms. The number of aromatic nitrogens is 2. The molecule has 5 rings (SSSR count). The number of fused-ring (bicyclic) bond motifs is 2. The summed E-state index contributed by atoms with van der Waals surface area (Å²) in [4.78, 5) is 14.9. The Morgan fingerprint density at radius 1 is 1.03 bits per heavy atom. The van der Waals surface area contributed by atoms with Crippen LogP contribution in [0, 0.1) is 0 Å². The molecular formula is C23H22N4O4S. The highest BCUT2D eigenvalue weighted by Crippen LogP contribution is 2.33. The van der Waals surface area contributed by atoms with Gasteiger partial charge in [-0.15, -0.1) is 10.2 Å². The van der Waals surface area contributed by atoms with Crippen molar-refractivity contribution in [1.82, 2.24) is 10.2 Å². The predicted octanol–water partition coefficient (Wildman–Crippen LogP) is 4.50. The maximum atomic E-state index is 12.7. The van der Waals surface area contributed by atoms with Crippen molar-refractivity contribution >= 4 is 33.1 Å². The zero-order valence-corrected chi connectivity index (χ0v) is 18.6. The molecule has 0 bridgehead atoms. The summed E-state index contributed by atoms with van der Waals surface area (Å²) in [7, 11) is 0. The Morgan fingerprint density at radius 3 is 2.72 bits per heavy atom. The van der Waals surface area contributed by atoms with Gasteiger partial charge in [-0.25, -0.2) is 4.79 Å². The number of hydrogen-bond acceptors (Lipinski definition) is 9. The first kappa shape index (κ1) is 20.3. The van der Waals surface area contributed by atoms with Crippen LogP contribution >= 0.6 is 11.3 Å². The van der Waals surface area contributed by atoms with Crippen molar-refractivity contribution in [2.24, 2.45) is 0 Å². The first-order chi connectivity index (χ1) is 15.6. The second-order valence-corrected chi connectivity index (χ2v) is 8.27. The van der Waals surface area contributed by atoms with Crippen LogP contribution in [0.3, 0.4) is 0 Å². The van der Waals surface area contributed by atoms with Crippen molar-refractivity contribution in [2.45, 2.75) is 20.4 Å². The standard InChI is InChI=1S/C23H22N4O4S/c1-3-27(4-2)16-7-6-15-10-17(22(28)31-19(15)11-16)21-25-26-23(32-21)24-12-14-5-8-18-20(9-14)30-13-29-18/h5-11H,3-4,12-13H2,1-2H3,(H,24,26). The van der Waals surface area contributed by atoms with Gasteiger partial charge in [0.05, 0.1) is 5.56 Å². The molecule has 1 aliphatic rings. The van der Waals surface area contributed by atoms with E-state index in [-0.39, 0.29) is 6.79 Å². The van der Waals surface area contributed by atoms with Crippen molar-refractivity contribution in [3.8, 4) is 22.1 Å². The zero-order valence-electron chi connectivity index (χ0n) is 17.8. The van der Waals surface area contributed by atoms with Crippen molar-refractivity contribution in [2.75, 3.05) is 30.1 Å². The van der Waals surface area contributed by atoms with E-state index in [1.165, 1.54) is 11.3 Å². The Bertz CT molecular complexity index is 1330. The van der Waals surface area contributed by atoms with Gasteiger partial charge in [0.15, 0.2) is 16.5 Å². The first-order valence-electron chi connectivity index (χ1n) is 10.4. The summed E-state index contributed by atoms with van der Waals surface area (Å²) >= 11 is 1.31. The minimum atomic E-state index is -0.423. The molecule has 2 aromatic heterocycles. The van der Waals surface area contributed by atoms with Gasteiger partial charge in [0.1, 0.15) is 5.58 Å². The molecule has 0 fully saturated rings. The predicted molar refractivity (Wildman–Crippen MR) is 125 cm³/mol. The summed E-state index contributed by atoms with van der Waals surface area (Å²) in [6.07, 6.45) is 0. The third kappa shape index (κ3) is 3.87. The highest BCUT2D eigenvalue weighted by atomic mass is 32.1. The van der Waals surface area contributed by atoms with Crippen molar-refractivity contribution in [3.05, 3.63) is 58.4 Å². The molecule has 32 heavy (non-hydrogen) atoms. The third-order valence-electron chi connectivity index (χ3n) is 5.38. The highest BCUT2D eigenvalue weighted by Gasteiger charge is 2.16. The Hall–Kier alpha value is -3.59. The first-order valence-corrected chi connectivity index (χ1v) is 11.3. The van der Waals surface area contributed by atoms with Gasteiger partial charge < -0.3 is 24.1 Å². The van der Waals surface area contributed by atoms with Crippen LogP contribution < -0.4 is 25.3 Å². The number of nitrogens with one attached hydrogen (secondary N) is 1. The second kappa shape index (κ2) is 8.51. The molecule has 0 amide bonds. The minimum absolute atomic E-state index is 0.247. The van der Waals surface area contributed by atoms with E-state index in [4.69, 9.17) is 13.9 Å². The molecule has 4 aromatic rings. The van der Waals surface area contributed by atoms with Crippen molar-refractivity contribution in [1.29, 1.82) is 0 Å². The molecule has 0 radical (unpaired) electrons. The summed E-state index contributed by atoms with van der Waals surface area (Å²) in [6.45, 7) is 6.76. The molecule has 0 atom stereocenters. The highest BCUT2D eigenvalue weighted by molar-refractivity contribution is 7.18. The van der Waals surface area contributed by atoms with Crippen LogP contribution in [0.25, 0.3) is 21.5 Å². The SMILES string of the molecule is CCN(CC)c1ccc2cc(-c3nnc(NCc4ccc5c(c4)OCO5)s3)c(=O)oc2c1. The van der Waals surface area contributed by atoms with Gasteiger partial charge in [-0.3, -0.25) is 0 Å². The van der Waals surface area contributed by atoms with E-state index < -0.39 is 5.63 Å². The fraction of sp³-hybridized carbons (Fsp3) is 0.261. The van der Waals surface area contributed by atoms with Crippen LogP contribution in [-0.2, 0) is 6.54 Å². The Balaban J connectivity index is 1.36. The second-order valence-electron chi connectivity index (χ2n) is 7.30. The molecule has 2 aromatic carbocycles. The van der Waals surface area contributed by atoms with E-state index in [1.807, 2.05) is 42.5 Å². The average Bonchev–Trinajstić information content (AvgIpc) is 3.47. The fourth-order valence-corrected chi connectivity index (χ4v) is 4.41. The van der Waals surface area contributed by atoms with Crippen LogP contribution in [-0.4, -0.2) is 30.1 Å². The van der Waals surface area contributed by atoms with Crippen molar-refractivity contribution in [3.63, 3.8) is 0 Å². The van der Waals surface area contributed by atoms with Gasteiger partial charge in [-0.2, -0.15) is 0 Å². The summed E-state index contributed by atoms with van der Waals surface area (Å²) in [5.41, 5.74) is 2.60. The Labute approximate surface area is 188 Å². The lowest BCUT2D eigenvalue weighted by molar-refractivity contribution is 0.174. The lowest BCUT2D eigenvalue weighted by atomic mass is 10.1. The maximum Gasteiger partial charge on any atom is 0.346 e. The van der Waals surface area contributed by atoms with E-state index in [9.17, 15) is 4.79 Å². The summed E-state index contributed by atoms with van der Waals surface area (Å²) in [5.74, 6) is 1.49. The Kier molecular flexibility index (Phi) is 5.40. The smallest absolute Gasteiger partial charge is 0.346 e. The molecule has 3 heterocycles. The van der Waals surface area contributed by atoms with Gasteiger partial charge in [0, 0.05) is 36.8 Å². The lowest BCUT2D eigenvalue weighted by Crippen LogP contribution is -2.21. The van der Waals surface area contributed by atoms with Crippen LogP contribution in [0.2, 0.25) is 0 Å². The van der Waals surface area contributed by atoms with Gasteiger partial charge in [-0.05, 0) is 49.7 Å². The molecule has 9 heteroatoms. The van der Waals surface area contributed by atoms with E-state index >= 15 is 0 Å². The van der Waals surface area contributed by atoms with Gasteiger partial charge in [-0.1, -0.05) is 17.4 Å². The normalized spacial score (nSPS) is 12.3. The van der Waals surface area contributed by atoms with E-state index in [0.717, 1.165) is 41.2 Å². The van der Waals surface area contributed by atoms with Gasteiger partial charge in [0.25, 0.3) is 0 Å². The van der Waals surface area contributed by atoms with Crippen LogP contribution in [0.15, 0.2) is 51.7 Å². The quantitative estimate of drug-likeness (QED) is 0.412. The number of benzene rings is 2. The number of ether oxygens (including phenoxy) is 2. The number of anilines is 2. The fourth-order valence-electron chi connectivity index (χ4n) is 3.67. The van der Waals surface area contributed by atoms with E-state index in [2.05, 4.69) is 34.3 Å². The molecule has 0 saturated heterocycles. The number of hydrogen-bond donors (Lipinski definition) is 1. The molecule has 0 saturated carbocycles. The topological polar surface area (TPSA) is 89.7 Å². The van der Waals surface area contributed by atoms with Crippen LogP contribution in [0.4, 0.5) is 10.8 Å². The van der Waals surface area contributed by atoms with Crippen molar-refractivity contribution < 1.29 is 13.9 Å². The summed E-state index contributed by atoms with van der Waals surface area (Å²) in [5, 5.41) is 13.6. The summed E-state index contributed by atoms with van der Waals surface area (Å²) < 4.78 is 16.4. The largest absolute Gasteiger partial charge is 0.454 e. The van der Waals surface area contributed by atoms with Gasteiger partial charge >= 0.3 is 5.63 Å². The molecule has 8 nitrogen and oxygen atoms in total. The number of rotatable bonds is 7. The summed E-state index contributed by atoms with van der Waals surface area (Å²) in [6, 6.07) is 13.5. The zero-order chi connectivity index (χ0) is 22.1. The third-order valence-corrected chi connectivity index (χ3v) is 6.30. The van der Waals surface area contributed by atoms with E-state index in [0.29, 0.717) is 27.8 Å². The molecule has 1 N–H and O–H groups in total. The van der Waals surface area contributed by atoms with Gasteiger partial charge in [0.2, 0.25) is 11.9 Å². The van der Waals surface area contributed by atoms with Crippen LogP contribution in [0.1, 0.15) is 19.4 Å². The lowest BCUT2D eigenvalue weighted by Gasteiger charge is -2.20. The number of nitrogens with zero attached hydrogens (tertiary/aromatic N) is 3. The molecular weight excluding hydrogens is 428 g/mol. The molecule has 0 unspecified atom stereocenters. The monoisotopic (exact) mass is 450 g/mol. The maximum absolute atomic E-state index is 12.7.